The number of fused-ring (bicyclic) bond motifs is 1. The third kappa shape index (κ3) is 5.58. The average molecular weight is 515 g/mol. The lowest BCUT2D eigenvalue weighted by Crippen LogP contribution is -2.50. The fourth-order valence-electron chi connectivity index (χ4n) is 4.37. The number of rotatable bonds is 10. The lowest BCUT2D eigenvalue weighted by atomic mass is 10.1. The normalized spacial score (nSPS) is 16.8. The minimum absolute atomic E-state index is 0.146. The number of nitrogens with zero attached hydrogens (tertiary/aromatic N) is 3. The summed E-state index contributed by atoms with van der Waals surface area (Å²) in [5, 5.41) is 2.86. The first kappa shape index (κ1) is 25.8. The Kier molecular flexibility index (Phi) is 8.02. The van der Waals surface area contributed by atoms with Crippen LogP contribution in [0.5, 0.6) is 5.75 Å². The number of benzene rings is 2. The minimum Gasteiger partial charge on any atom is -0.497 e. The quantitative estimate of drug-likeness (QED) is 0.474. The molecule has 0 spiro atoms. The number of nitrogens with one attached hydrogen (secondary N) is 1. The van der Waals surface area contributed by atoms with E-state index in [1.54, 1.807) is 48.5 Å². The van der Waals surface area contributed by atoms with Gasteiger partial charge in [0.1, 0.15) is 5.75 Å². The van der Waals surface area contributed by atoms with E-state index in [4.69, 9.17) is 4.74 Å². The highest BCUT2D eigenvalue weighted by atomic mass is 32.2. The Bertz CT molecular complexity index is 1190. The lowest BCUT2D eigenvalue weighted by Gasteiger charge is -2.34. The van der Waals surface area contributed by atoms with E-state index >= 15 is 0 Å². The van der Waals surface area contributed by atoms with Gasteiger partial charge in [0.15, 0.2) is 0 Å². The van der Waals surface area contributed by atoms with Gasteiger partial charge in [-0.05, 0) is 42.8 Å². The third-order valence-electron chi connectivity index (χ3n) is 6.44. The van der Waals surface area contributed by atoms with Crippen molar-refractivity contribution < 1.29 is 27.5 Å². The van der Waals surface area contributed by atoms with Crippen molar-refractivity contribution in [2.75, 3.05) is 52.9 Å². The van der Waals surface area contributed by atoms with Crippen LogP contribution in [0, 0.1) is 0 Å². The molecule has 1 fully saturated rings. The van der Waals surface area contributed by atoms with Gasteiger partial charge in [-0.2, -0.15) is 4.31 Å². The van der Waals surface area contributed by atoms with Gasteiger partial charge in [0.2, 0.25) is 15.9 Å². The van der Waals surface area contributed by atoms with Crippen LogP contribution in [0.1, 0.15) is 33.6 Å². The van der Waals surface area contributed by atoms with E-state index in [9.17, 15) is 22.8 Å². The first-order chi connectivity index (χ1) is 17.3. The number of carbonyl (C=O) groups is 3. The maximum Gasteiger partial charge on any atom is 0.261 e. The van der Waals surface area contributed by atoms with Gasteiger partial charge in [0, 0.05) is 52.2 Å². The Hall–Kier alpha value is -3.28. The molecule has 0 bridgehead atoms. The van der Waals surface area contributed by atoms with Gasteiger partial charge < -0.3 is 10.1 Å². The molecule has 0 atom stereocenters. The molecule has 2 aliphatic rings. The summed E-state index contributed by atoms with van der Waals surface area (Å²) >= 11 is 0. The number of carbonyl (C=O) groups excluding carboxylic acids is 3. The van der Waals surface area contributed by atoms with Crippen molar-refractivity contribution in [2.24, 2.45) is 0 Å². The van der Waals surface area contributed by atoms with E-state index in [-0.39, 0.29) is 35.6 Å². The number of hydrogen-bond acceptors (Lipinski definition) is 7. The number of ether oxygens (including phenoxy) is 1. The Balaban J connectivity index is 1.14. The van der Waals surface area contributed by atoms with E-state index < -0.39 is 10.0 Å². The van der Waals surface area contributed by atoms with Crippen molar-refractivity contribution in [1.82, 2.24) is 19.4 Å². The monoisotopic (exact) mass is 514 g/mol. The van der Waals surface area contributed by atoms with Crippen LogP contribution in [-0.4, -0.2) is 93.2 Å². The van der Waals surface area contributed by atoms with Crippen LogP contribution in [0.2, 0.25) is 0 Å². The molecule has 192 valence electrons. The highest BCUT2D eigenvalue weighted by Gasteiger charge is 2.34. The van der Waals surface area contributed by atoms with Gasteiger partial charge in [-0.25, -0.2) is 8.42 Å². The van der Waals surface area contributed by atoms with Crippen LogP contribution in [0.15, 0.2) is 53.4 Å². The minimum atomic E-state index is -3.56. The first-order valence-electron chi connectivity index (χ1n) is 11.9. The molecule has 0 aromatic heterocycles. The van der Waals surface area contributed by atoms with Crippen LogP contribution < -0.4 is 10.1 Å². The van der Waals surface area contributed by atoms with Crippen molar-refractivity contribution in [3.8, 4) is 5.75 Å². The molecule has 36 heavy (non-hydrogen) atoms. The summed E-state index contributed by atoms with van der Waals surface area (Å²) in [4.78, 5) is 40.5. The maximum atomic E-state index is 12.9. The summed E-state index contributed by atoms with van der Waals surface area (Å²) in [5.41, 5.74) is 0.813. The number of amides is 3. The molecule has 2 heterocycles. The van der Waals surface area contributed by atoms with Crippen molar-refractivity contribution in [3.63, 3.8) is 0 Å². The summed E-state index contributed by atoms with van der Waals surface area (Å²) in [6.45, 7) is 3.16. The fourth-order valence-corrected chi connectivity index (χ4v) is 5.79. The number of piperazine rings is 1. The van der Waals surface area contributed by atoms with E-state index in [0.29, 0.717) is 62.6 Å². The van der Waals surface area contributed by atoms with Gasteiger partial charge in [0.25, 0.3) is 11.8 Å². The van der Waals surface area contributed by atoms with Crippen LogP contribution in [0.25, 0.3) is 0 Å². The molecule has 11 heteroatoms. The molecular formula is C25H30N4O6S. The molecule has 0 saturated carbocycles. The highest BCUT2D eigenvalue weighted by Crippen LogP contribution is 2.23. The molecule has 10 nitrogen and oxygen atoms in total. The van der Waals surface area contributed by atoms with Gasteiger partial charge in [0.05, 0.1) is 23.1 Å². The third-order valence-corrected chi connectivity index (χ3v) is 8.36. The molecule has 3 amide bonds. The molecule has 2 aromatic carbocycles. The number of sulfonamides is 1. The molecule has 4 rings (SSSR count). The zero-order valence-electron chi connectivity index (χ0n) is 20.2. The number of methoxy groups -OCH3 is 1. The molecular weight excluding hydrogens is 484 g/mol. The van der Waals surface area contributed by atoms with Crippen molar-refractivity contribution in [2.45, 2.75) is 17.7 Å². The summed E-state index contributed by atoms with van der Waals surface area (Å²) < 4.78 is 32.3. The molecule has 1 saturated heterocycles. The summed E-state index contributed by atoms with van der Waals surface area (Å²) in [5.74, 6) is -0.176. The Morgan fingerprint density at radius 2 is 1.53 bits per heavy atom. The molecule has 2 aliphatic heterocycles. The number of imide groups is 1. The van der Waals surface area contributed by atoms with E-state index in [1.165, 1.54) is 16.3 Å². The van der Waals surface area contributed by atoms with Crippen molar-refractivity contribution in [3.05, 3.63) is 59.7 Å². The lowest BCUT2D eigenvalue weighted by molar-refractivity contribution is -0.121. The zero-order chi connectivity index (χ0) is 25.7. The van der Waals surface area contributed by atoms with E-state index in [2.05, 4.69) is 10.2 Å². The predicted molar refractivity (Wildman–Crippen MR) is 132 cm³/mol. The van der Waals surface area contributed by atoms with Crippen LogP contribution in [-0.2, 0) is 14.8 Å². The highest BCUT2D eigenvalue weighted by molar-refractivity contribution is 7.89. The van der Waals surface area contributed by atoms with E-state index in [0.717, 1.165) is 0 Å². The summed E-state index contributed by atoms with van der Waals surface area (Å²) in [7, 11) is -2.03. The standard InChI is InChI=1S/C25H30N4O6S/c1-35-19-8-10-20(11-9-19)36(33,34)28-17-15-27(16-18-28)14-12-26-23(30)7-4-13-29-24(31)21-5-2-3-6-22(21)25(29)32/h2-3,5-6,8-11H,4,7,12-18H2,1H3,(H,26,30). The molecule has 2 aromatic rings. The predicted octanol–water partition coefficient (Wildman–Crippen LogP) is 1.19. The zero-order valence-corrected chi connectivity index (χ0v) is 21.0. The van der Waals surface area contributed by atoms with Crippen LogP contribution in [0.4, 0.5) is 0 Å². The average Bonchev–Trinajstić information content (AvgIpc) is 3.14. The SMILES string of the molecule is COc1ccc(S(=O)(=O)N2CCN(CCNC(=O)CCCN3C(=O)c4ccccc4C3=O)CC2)cc1. The van der Waals surface area contributed by atoms with Crippen LogP contribution in [0.3, 0.4) is 0 Å². The van der Waals surface area contributed by atoms with Gasteiger partial charge in [-0.1, -0.05) is 12.1 Å². The second-order valence-corrected chi connectivity index (χ2v) is 10.6. The second kappa shape index (κ2) is 11.2. The molecule has 0 radical (unpaired) electrons. The second-order valence-electron chi connectivity index (χ2n) is 8.68. The summed E-state index contributed by atoms with van der Waals surface area (Å²) in [6, 6.07) is 13.1. The Morgan fingerprint density at radius 1 is 0.917 bits per heavy atom. The first-order valence-corrected chi connectivity index (χ1v) is 13.3. The van der Waals surface area contributed by atoms with Crippen molar-refractivity contribution in [1.29, 1.82) is 0 Å². The van der Waals surface area contributed by atoms with Gasteiger partial charge >= 0.3 is 0 Å². The van der Waals surface area contributed by atoms with Gasteiger partial charge in [-0.3, -0.25) is 24.2 Å². The number of hydrogen-bond donors (Lipinski definition) is 1. The smallest absolute Gasteiger partial charge is 0.261 e. The van der Waals surface area contributed by atoms with Crippen LogP contribution >= 0.6 is 0 Å². The fraction of sp³-hybridized carbons (Fsp3) is 0.400. The topological polar surface area (TPSA) is 116 Å². The Morgan fingerprint density at radius 3 is 2.11 bits per heavy atom. The largest absolute Gasteiger partial charge is 0.497 e. The van der Waals surface area contributed by atoms with Gasteiger partial charge in [-0.15, -0.1) is 0 Å². The van der Waals surface area contributed by atoms with Crippen molar-refractivity contribution >= 4 is 27.7 Å². The Labute approximate surface area is 210 Å². The molecule has 1 N–H and O–H groups in total. The van der Waals surface area contributed by atoms with E-state index in [1.807, 2.05) is 0 Å². The summed E-state index contributed by atoms with van der Waals surface area (Å²) in [6.07, 6.45) is 0.598. The molecule has 0 unspecified atom stereocenters. The maximum absolute atomic E-state index is 12.9. The molecule has 0 aliphatic carbocycles.